The molecule has 1 aliphatic rings. The molecule has 8 N–H and O–H groups in total. The fraction of sp³-hybridized carbons (Fsp3) is 0.200. The van der Waals surface area contributed by atoms with Crippen LogP contribution >= 0.6 is 0 Å². The van der Waals surface area contributed by atoms with E-state index in [2.05, 4.69) is 0 Å². The molecule has 5 atom stereocenters. The third kappa shape index (κ3) is 6.09. The summed E-state index contributed by atoms with van der Waals surface area (Å²) in [6.45, 7) is -0.616. The molecule has 0 unspecified atom stereocenters. The van der Waals surface area contributed by atoms with Gasteiger partial charge in [-0.15, -0.1) is 0 Å². The van der Waals surface area contributed by atoms with Gasteiger partial charge in [0.05, 0.1) is 0 Å². The maximum absolute atomic E-state index is 13.6. The van der Waals surface area contributed by atoms with Crippen molar-refractivity contribution in [2.24, 2.45) is 0 Å². The maximum Gasteiger partial charge on any atom is 0.330 e. The Morgan fingerprint density at radius 2 is 1.55 bits per heavy atom. The van der Waals surface area contributed by atoms with Crippen molar-refractivity contribution in [1.82, 2.24) is 0 Å². The first-order chi connectivity index (χ1) is 20.9. The Morgan fingerprint density at radius 3 is 2.25 bits per heavy atom. The van der Waals surface area contributed by atoms with Crippen molar-refractivity contribution in [2.75, 3.05) is 6.61 Å². The van der Waals surface area contributed by atoms with Crippen molar-refractivity contribution in [3.8, 4) is 45.8 Å². The molecule has 0 spiro atoms. The zero-order chi connectivity index (χ0) is 31.7. The zero-order valence-corrected chi connectivity index (χ0v) is 22.5. The number of carbonyl (C=O) groups excluding carboxylic acids is 1. The van der Waals surface area contributed by atoms with Crippen LogP contribution in [0.5, 0.6) is 34.5 Å². The molecule has 5 rings (SSSR count). The minimum atomic E-state index is -1.95. The Labute approximate surface area is 247 Å². The predicted octanol–water partition coefficient (Wildman–Crippen LogP) is 1.43. The number of benzene rings is 3. The van der Waals surface area contributed by atoms with Gasteiger partial charge in [0, 0.05) is 23.8 Å². The molecule has 2 heterocycles. The number of ether oxygens (including phenoxy) is 3. The first-order valence-electron chi connectivity index (χ1n) is 13.0. The van der Waals surface area contributed by atoms with Gasteiger partial charge in [-0.1, -0.05) is 12.1 Å². The molecule has 0 amide bonds. The molecule has 230 valence electrons. The number of aromatic hydroxyl groups is 5. The van der Waals surface area contributed by atoms with E-state index in [1.807, 2.05) is 0 Å². The van der Waals surface area contributed by atoms with E-state index >= 15 is 0 Å². The van der Waals surface area contributed by atoms with Crippen molar-refractivity contribution in [1.29, 1.82) is 0 Å². The normalized spacial score (nSPS) is 21.8. The van der Waals surface area contributed by atoms with Crippen molar-refractivity contribution in [2.45, 2.75) is 30.7 Å². The lowest BCUT2D eigenvalue weighted by Crippen LogP contribution is -2.60. The van der Waals surface area contributed by atoms with Crippen molar-refractivity contribution < 1.29 is 64.3 Å². The Kier molecular flexibility index (Phi) is 8.33. The topological polar surface area (TPSA) is 237 Å². The quantitative estimate of drug-likeness (QED) is 0.0840. The van der Waals surface area contributed by atoms with Gasteiger partial charge < -0.3 is 59.5 Å². The van der Waals surface area contributed by atoms with E-state index in [0.717, 1.165) is 30.3 Å². The molecular weight excluding hydrogens is 584 g/mol. The Bertz CT molecular complexity index is 1780. The van der Waals surface area contributed by atoms with E-state index in [-0.39, 0.29) is 22.7 Å². The first kappa shape index (κ1) is 30.2. The van der Waals surface area contributed by atoms with E-state index in [4.69, 9.17) is 18.6 Å². The van der Waals surface area contributed by atoms with Gasteiger partial charge in [-0.05, 0) is 42.0 Å². The van der Waals surface area contributed by atoms with Crippen molar-refractivity contribution in [3.63, 3.8) is 0 Å². The summed E-state index contributed by atoms with van der Waals surface area (Å²) in [7, 11) is 0. The number of rotatable bonds is 7. The number of hydrogen-bond acceptors (Lipinski definition) is 14. The first-order valence-corrected chi connectivity index (χ1v) is 13.0. The number of fused-ring (bicyclic) bond motifs is 1. The average molecular weight is 611 g/mol. The Balaban J connectivity index is 1.43. The van der Waals surface area contributed by atoms with Gasteiger partial charge in [0.1, 0.15) is 59.2 Å². The smallest absolute Gasteiger partial charge is 0.330 e. The van der Waals surface area contributed by atoms with Crippen molar-refractivity contribution in [3.05, 3.63) is 76.5 Å². The van der Waals surface area contributed by atoms with E-state index < -0.39 is 82.8 Å². The molecule has 0 saturated carbocycles. The molecule has 14 nitrogen and oxygen atoms in total. The summed E-state index contributed by atoms with van der Waals surface area (Å²) in [6, 6.07) is 11.2. The second-order valence-electron chi connectivity index (χ2n) is 9.82. The summed E-state index contributed by atoms with van der Waals surface area (Å²) in [5.74, 6) is -4.08. The van der Waals surface area contributed by atoms with Crippen LogP contribution in [-0.4, -0.2) is 84.1 Å². The fourth-order valence-corrected chi connectivity index (χ4v) is 4.46. The number of aliphatic hydroxyl groups excluding tert-OH is 3. The van der Waals surface area contributed by atoms with Gasteiger partial charge in [-0.25, -0.2) is 4.79 Å². The molecule has 0 radical (unpaired) electrons. The number of phenols is 5. The van der Waals surface area contributed by atoms with Gasteiger partial charge in [0.2, 0.25) is 17.5 Å². The lowest BCUT2D eigenvalue weighted by atomic mass is 9.99. The van der Waals surface area contributed by atoms with Crippen LogP contribution in [0.4, 0.5) is 0 Å². The van der Waals surface area contributed by atoms with Crippen molar-refractivity contribution >= 4 is 23.0 Å². The Hall–Kier alpha value is -5.28. The van der Waals surface area contributed by atoms with E-state index in [1.165, 1.54) is 24.3 Å². The summed E-state index contributed by atoms with van der Waals surface area (Å²) in [5, 5.41) is 80.6. The number of carbonyl (C=O) groups is 1. The van der Waals surface area contributed by atoms with E-state index in [1.54, 1.807) is 12.1 Å². The van der Waals surface area contributed by atoms with Crippen LogP contribution in [0.3, 0.4) is 0 Å². The Morgan fingerprint density at radius 1 is 0.818 bits per heavy atom. The highest BCUT2D eigenvalue weighted by atomic mass is 16.7. The minimum Gasteiger partial charge on any atom is -0.508 e. The van der Waals surface area contributed by atoms with Crippen LogP contribution in [0.15, 0.2) is 69.9 Å². The van der Waals surface area contributed by atoms with Gasteiger partial charge in [-0.2, -0.15) is 0 Å². The summed E-state index contributed by atoms with van der Waals surface area (Å²) < 4.78 is 22.1. The second-order valence-corrected chi connectivity index (χ2v) is 9.82. The summed E-state index contributed by atoms with van der Waals surface area (Å²) >= 11 is 0. The number of hydrogen-bond donors (Lipinski definition) is 8. The molecule has 1 aliphatic heterocycles. The zero-order valence-electron chi connectivity index (χ0n) is 22.5. The highest BCUT2D eigenvalue weighted by molar-refractivity contribution is 5.88. The number of phenolic OH excluding ortho intramolecular Hbond substituents is 5. The molecule has 0 bridgehead atoms. The third-order valence-electron chi connectivity index (χ3n) is 6.75. The molecule has 44 heavy (non-hydrogen) atoms. The summed E-state index contributed by atoms with van der Waals surface area (Å²) in [4.78, 5) is 25.8. The highest BCUT2D eigenvalue weighted by Gasteiger charge is 2.46. The molecule has 14 heteroatoms. The largest absolute Gasteiger partial charge is 0.508 e. The van der Waals surface area contributed by atoms with Crippen LogP contribution in [-0.2, 0) is 14.3 Å². The van der Waals surface area contributed by atoms with Gasteiger partial charge in [0.25, 0.3) is 0 Å². The number of aliphatic hydroxyl groups is 3. The summed E-state index contributed by atoms with van der Waals surface area (Å²) in [6.07, 6.45) is -6.45. The summed E-state index contributed by atoms with van der Waals surface area (Å²) in [5.41, 5.74) is -0.735. The number of esters is 1. The second kappa shape index (κ2) is 12.1. The lowest BCUT2D eigenvalue weighted by molar-refractivity contribution is -0.278. The van der Waals surface area contributed by atoms with Crippen LogP contribution in [0, 0.1) is 0 Å². The maximum atomic E-state index is 13.6. The highest BCUT2D eigenvalue weighted by Crippen LogP contribution is 2.39. The molecular formula is C30H26O14. The molecule has 4 aromatic rings. The minimum absolute atomic E-state index is 0.0195. The molecule has 1 saturated heterocycles. The monoisotopic (exact) mass is 610 g/mol. The van der Waals surface area contributed by atoms with Crippen LogP contribution in [0.2, 0.25) is 0 Å². The van der Waals surface area contributed by atoms with E-state index in [0.29, 0.717) is 5.56 Å². The van der Waals surface area contributed by atoms with Gasteiger partial charge >= 0.3 is 5.97 Å². The average Bonchev–Trinajstić information content (AvgIpc) is 2.98. The van der Waals surface area contributed by atoms with Gasteiger partial charge in [-0.3, -0.25) is 4.79 Å². The third-order valence-corrected chi connectivity index (χ3v) is 6.75. The van der Waals surface area contributed by atoms with E-state index in [9.17, 15) is 50.4 Å². The van der Waals surface area contributed by atoms with Gasteiger partial charge in [0.15, 0.2) is 17.3 Å². The molecule has 1 fully saturated rings. The standard InChI is InChI=1S/C30H26O14/c31-15-5-1-13(2-6-15)3-8-22(36)41-12-21-24(37)26(39)27(40)30(43-21)44-29-25(38)23-19(35)10-16(32)11-20(23)42-28(29)14-4-7-17(33)18(34)9-14/h1-11,21,24,26-27,30-35,37,39-40H,12H2/b8-3+/t21-,24-,26-,27+,30+/m1/s1. The fourth-order valence-electron chi connectivity index (χ4n) is 4.46. The molecule has 3 aromatic carbocycles. The van der Waals surface area contributed by atoms with Crippen LogP contribution < -0.4 is 10.2 Å². The lowest BCUT2D eigenvalue weighted by Gasteiger charge is -2.39. The molecule has 1 aromatic heterocycles. The van der Waals surface area contributed by atoms with Crippen LogP contribution in [0.25, 0.3) is 28.4 Å². The predicted molar refractivity (Wildman–Crippen MR) is 150 cm³/mol. The SMILES string of the molecule is O=C(/C=C/c1ccc(O)cc1)OC[C@H]1O[C@@H](Oc2c(-c3ccc(O)c(O)c3)oc3cc(O)cc(O)c3c2=O)[C@@H](O)[C@H](O)[C@@H]1O. The van der Waals surface area contributed by atoms with Crippen LogP contribution in [0.1, 0.15) is 5.56 Å². The molecule has 0 aliphatic carbocycles.